The number of amides is 1. The lowest BCUT2D eigenvalue weighted by Gasteiger charge is -2.09. The molecule has 2 aromatic rings. The van der Waals surface area contributed by atoms with Gasteiger partial charge in [-0.15, -0.1) is 0 Å². The molecular weight excluding hydrogens is 300 g/mol. The van der Waals surface area contributed by atoms with Crippen molar-refractivity contribution in [3.8, 4) is 11.1 Å². The van der Waals surface area contributed by atoms with Crippen molar-refractivity contribution in [2.24, 2.45) is 0 Å². The summed E-state index contributed by atoms with van der Waals surface area (Å²) in [5.74, 6) is -0.191. The first-order chi connectivity index (χ1) is 11.7. The van der Waals surface area contributed by atoms with Crippen LogP contribution < -0.4 is 10.8 Å². The highest BCUT2D eigenvalue weighted by Gasteiger charge is 2.07. The van der Waals surface area contributed by atoms with E-state index < -0.39 is 0 Å². The van der Waals surface area contributed by atoms with Crippen molar-refractivity contribution in [2.45, 2.75) is 26.7 Å². The highest BCUT2D eigenvalue weighted by molar-refractivity contribution is 5.95. The maximum absolute atomic E-state index is 12.2. The van der Waals surface area contributed by atoms with Gasteiger partial charge in [0.25, 0.3) is 5.91 Å². The summed E-state index contributed by atoms with van der Waals surface area (Å²) in [6, 6.07) is 16.1. The van der Waals surface area contributed by atoms with Gasteiger partial charge in [-0.25, -0.2) is 0 Å². The molecule has 0 atom stereocenters. The van der Waals surface area contributed by atoms with E-state index in [0.29, 0.717) is 11.3 Å². The van der Waals surface area contributed by atoms with Gasteiger partial charge in [0, 0.05) is 11.3 Å². The van der Waals surface area contributed by atoms with Gasteiger partial charge in [0.1, 0.15) is 0 Å². The normalized spacial score (nSPS) is 11.4. The fraction of sp³-hybridized carbons (Fsp3) is 0.250. The number of hydrogen-bond donors (Lipinski definition) is 3. The number of aryl methyl sites for hydroxylation is 1. The van der Waals surface area contributed by atoms with Crippen molar-refractivity contribution in [1.29, 1.82) is 0 Å². The van der Waals surface area contributed by atoms with Crippen LogP contribution in [0.1, 0.15) is 36.2 Å². The molecule has 0 fully saturated rings. The Morgan fingerprint density at radius 3 is 2.12 bits per heavy atom. The van der Waals surface area contributed by atoms with Crippen molar-refractivity contribution in [2.75, 3.05) is 6.54 Å². The number of rotatable bonds is 7. The first-order valence-corrected chi connectivity index (χ1v) is 8.20. The third-order valence-corrected chi connectivity index (χ3v) is 3.87. The molecule has 24 heavy (non-hydrogen) atoms. The molecule has 0 heterocycles. The van der Waals surface area contributed by atoms with E-state index in [1.54, 1.807) is 13.0 Å². The van der Waals surface area contributed by atoms with Crippen molar-refractivity contribution in [1.82, 2.24) is 10.8 Å². The molecule has 1 amide bonds. The first kappa shape index (κ1) is 17.9. The van der Waals surface area contributed by atoms with E-state index in [9.17, 15) is 4.79 Å². The standard InChI is InChI=1S/C20H24N2O2/c1-3-5-15-6-8-16(9-7-15)17-10-12-18(13-11-17)20(23)22-19(4-2)14-21-24/h4,6-13,21,24H,3,5,14H2,1-2H3,(H,22,23). The van der Waals surface area contributed by atoms with Gasteiger partial charge in [0.05, 0.1) is 6.54 Å². The minimum atomic E-state index is -0.191. The Hall–Kier alpha value is -2.43. The quantitative estimate of drug-likeness (QED) is 0.677. The molecule has 2 aromatic carbocycles. The van der Waals surface area contributed by atoms with Gasteiger partial charge in [-0.2, -0.15) is 5.48 Å². The number of carbonyl (C=O) groups excluding carboxylic acids is 1. The van der Waals surface area contributed by atoms with Crippen molar-refractivity contribution in [3.63, 3.8) is 0 Å². The Balaban J connectivity index is 2.08. The van der Waals surface area contributed by atoms with Crippen molar-refractivity contribution in [3.05, 3.63) is 71.4 Å². The Kier molecular flexibility index (Phi) is 6.73. The van der Waals surface area contributed by atoms with Gasteiger partial charge in [-0.1, -0.05) is 55.8 Å². The van der Waals surface area contributed by atoms with Gasteiger partial charge >= 0.3 is 0 Å². The van der Waals surface area contributed by atoms with Crippen LogP contribution in [0.25, 0.3) is 11.1 Å². The smallest absolute Gasteiger partial charge is 0.255 e. The average Bonchev–Trinajstić information content (AvgIpc) is 2.62. The fourth-order valence-corrected chi connectivity index (χ4v) is 2.49. The van der Waals surface area contributed by atoms with Crippen LogP contribution >= 0.6 is 0 Å². The van der Waals surface area contributed by atoms with E-state index in [2.05, 4.69) is 36.5 Å². The molecule has 0 aliphatic heterocycles. The minimum Gasteiger partial charge on any atom is -0.325 e. The molecule has 0 saturated heterocycles. The number of benzene rings is 2. The topological polar surface area (TPSA) is 61.4 Å². The van der Waals surface area contributed by atoms with E-state index in [1.807, 2.05) is 29.7 Å². The van der Waals surface area contributed by atoms with E-state index in [1.165, 1.54) is 5.56 Å². The van der Waals surface area contributed by atoms with E-state index >= 15 is 0 Å². The summed E-state index contributed by atoms with van der Waals surface area (Å²) in [7, 11) is 0. The van der Waals surface area contributed by atoms with Gasteiger partial charge in [-0.3, -0.25) is 4.79 Å². The van der Waals surface area contributed by atoms with Crippen LogP contribution in [0.2, 0.25) is 0 Å². The van der Waals surface area contributed by atoms with Crippen LogP contribution in [0.4, 0.5) is 0 Å². The van der Waals surface area contributed by atoms with Gasteiger partial charge in [0.2, 0.25) is 0 Å². The lowest BCUT2D eigenvalue weighted by molar-refractivity contribution is 0.0960. The van der Waals surface area contributed by atoms with Crippen molar-refractivity contribution >= 4 is 5.91 Å². The number of hydroxylamine groups is 1. The predicted octanol–water partition coefficient (Wildman–Crippen LogP) is 3.92. The largest absolute Gasteiger partial charge is 0.325 e. The minimum absolute atomic E-state index is 0.191. The average molecular weight is 324 g/mol. The molecule has 0 aromatic heterocycles. The van der Waals surface area contributed by atoms with E-state index in [-0.39, 0.29) is 12.5 Å². The van der Waals surface area contributed by atoms with Crippen LogP contribution in [0.15, 0.2) is 60.3 Å². The van der Waals surface area contributed by atoms with Crippen LogP contribution in [0, 0.1) is 0 Å². The fourth-order valence-electron chi connectivity index (χ4n) is 2.49. The molecule has 0 spiro atoms. The van der Waals surface area contributed by atoms with Crippen LogP contribution in [-0.4, -0.2) is 17.7 Å². The number of carbonyl (C=O) groups is 1. The molecule has 0 aliphatic rings. The highest BCUT2D eigenvalue weighted by atomic mass is 16.5. The molecule has 4 heteroatoms. The summed E-state index contributed by atoms with van der Waals surface area (Å²) in [6.07, 6.45) is 3.98. The summed E-state index contributed by atoms with van der Waals surface area (Å²) in [4.78, 5) is 12.2. The SMILES string of the molecule is CC=C(CNO)NC(=O)c1ccc(-c2ccc(CCC)cc2)cc1. The van der Waals surface area contributed by atoms with Gasteiger partial charge in [0.15, 0.2) is 0 Å². The maximum atomic E-state index is 12.2. The zero-order chi connectivity index (χ0) is 17.4. The molecule has 0 saturated carbocycles. The summed E-state index contributed by atoms with van der Waals surface area (Å²) < 4.78 is 0. The van der Waals surface area contributed by atoms with Crippen LogP contribution in [0.5, 0.6) is 0 Å². The second-order valence-electron chi connectivity index (χ2n) is 5.63. The number of nitrogens with one attached hydrogen (secondary N) is 2. The van der Waals surface area contributed by atoms with Gasteiger partial charge < -0.3 is 10.5 Å². The maximum Gasteiger partial charge on any atom is 0.255 e. The Bertz CT molecular complexity index is 689. The molecule has 2 rings (SSSR count). The van der Waals surface area contributed by atoms with E-state index in [4.69, 9.17) is 5.21 Å². The Morgan fingerprint density at radius 2 is 1.62 bits per heavy atom. The summed E-state index contributed by atoms with van der Waals surface area (Å²) in [5, 5.41) is 11.5. The number of hydrogen-bond acceptors (Lipinski definition) is 3. The zero-order valence-corrected chi connectivity index (χ0v) is 14.2. The zero-order valence-electron chi connectivity index (χ0n) is 14.2. The second-order valence-corrected chi connectivity index (χ2v) is 5.63. The number of allylic oxidation sites excluding steroid dienone is 1. The molecule has 0 radical (unpaired) electrons. The molecule has 0 unspecified atom stereocenters. The molecule has 3 N–H and O–H groups in total. The third-order valence-electron chi connectivity index (χ3n) is 3.87. The molecule has 0 aliphatic carbocycles. The third kappa shape index (κ3) is 4.78. The summed E-state index contributed by atoms with van der Waals surface area (Å²) in [6.45, 7) is 4.18. The highest BCUT2D eigenvalue weighted by Crippen LogP contribution is 2.21. The molecule has 4 nitrogen and oxygen atoms in total. The molecule has 0 bridgehead atoms. The second kappa shape index (κ2) is 9.01. The van der Waals surface area contributed by atoms with Gasteiger partial charge in [-0.05, 0) is 42.2 Å². The Labute approximate surface area is 143 Å². The lowest BCUT2D eigenvalue weighted by Crippen LogP contribution is -2.28. The lowest BCUT2D eigenvalue weighted by atomic mass is 10.0. The molecular formula is C20H24N2O2. The van der Waals surface area contributed by atoms with Crippen LogP contribution in [0.3, 0.4) is 0 Å². The monoisotopic (exact) mass is 324 g/mol. The van der Waals surface area contributed by atoms with Crippen molar-refractivity contribution < 1.29 is 10.0 Å². The Morgan fingerprint density at radius 1 is 1.04 bits per heavy atom. The summed E-state index contributed by atoms with van der Waals surface area (Å²) >= 11 is 0. The molecule has 126 valence electrons. The van der Waals surface area contributed by atoms with E-state index in [0.717, 1.165) is 24.0 Å². The first-order valence-electron chi connectivity index (χ1n) is 8.20. The summed E-state index contributed by atoms with van der Waals surface area (Å²) in [5.41, 5.74) is 6.80. The van der Waals surface area contributed by atoms with Crippen LogP contribution in [-0.2, 0) is 6.42 Å². The predicted molar refractivity (Wildman–Crippen MR) is 96.9 cm³/mol.